The number of anilines is 1. The molecule has 0 aliphatic rings. The Morgan fingerprint density at radius 1 is 1.00 bits per heavy atom. The number of rotatable bonds is 8. The number of carbonyl (C=O) groups excluding carboxylic acids is 1. The predicted molar refractivity (Wildman–Crippen MR) is 121 cm³/mol. The lowest BCUT2D eigenvalue weighted by atomic mass is 10.2. The number of nitrogens with one attached hydrogen (secondary N) is 1. The molecule has 0 spiro atoms. The van der Waals surface area contributed by atoms with Gasteiger partial charge < -0.3 is 10.1 Å². The van der Waals surface area contributed by atoms with E-state index in [0.29, 0.717) is 23.6 Å². The van der Waals surface area contributed by atoms with E-state index < -0.39 is 0 Å². The van der Waals surface area contributed by atoms with E-state index in [0.717, 1.165) is 22.0 Å². The molecule has 0 atom stereocenters. The van der Waals surface area contributed by atoms with Gasteiger partial charge in [0.25, 0.3) is 5.91 Å². The first-order chi connectivity index (χ1) is 14.8. The van der Waals surface area contributed by atoms with Crippen molar-refractivity contribution in [3.8, 4) is 5.75 Å². The van der Waals surface area contributed by atoms with Gasteiger partial charge in [-0.1, -0.05) is 24.3 Å². The van der Waals surface area contributed by atoms with E-state index in [2.05, 4.69) is 15.3 Å². The number of thioether (sulfide) groups is 1. The third-order valence-corrected chi connectivity index (χ3v) is 5.94. The van der Waals surface area contributed by atoms with Gasteiger partial charge in [-0.15, -0.1) is 23.1 Å². The Morgan fingerprint density at radius 3 is 2.73 bits per heavy atom. The molecule has 2 aromatic carbocycles. The predicted octanol–water partition coefficient (Wildman–Crippen LogP) is 5.66. The molecular formula is C23H19N3O2S2. The van der Waals surface area contributed by atoms with Gasteiger partial charge in [0.15, 0.2) is 0 Å². The van der Waals surface area contributed by atoms with Crippen molar-refractivity contribution in [2.45, 2.75) is 17.3 Å². The number of amides is 1. The van der Waals surface area contributed by atoms with Gasteiger partial charge in [0, 0.05) is 34.0 Å². The van der Waals surface area contributed by atoms with Crippen LogP contribution in [0.15, 0.2) is 88.7 Å². The lowest BCUT2D eigenvalue weighted by molar-refractivity contribution is 0.102. The second-order valence-corrected chi connectivity index (χ2v) is 8.09. The Labute approximate surface area is 183 Å². The van der Waals surface area contributed by atoms with Crippen LogP contribution in [0.4, 0.5) is 5.69 Å². The molecule has 0 saturated carbocycles. The van der Waals surface area contributed by atoms with Crippen LogP contribution >= 0.6 is 23.1 Å². The summed E-state index contributed by atoms with van der Waals surface area (Å²) in [5.74, 6) is 1.24. The van der Waals surface area contributed by atoms with Crippen molar-refractivity contribution < 1.29 is 9.53 Å². The van der Waals surface area contributed by atoms with Crippen LogP contribution in [0.1, 0.15) is 21.7 Å². The summed E-state index contributed by atoms with van der Waals surface area (Å²) in [6.07, 6.45) is 1.74. The molecule has 1 amide bonds. The van der Waals surface area contributed by atoms with Crippen molar-refractivity contribution in [2.75, 3.05) is 5.32 Å². The van der Waals surface area contributed by atoms with E-state index in [4.69, 9.17) is 4.74 Å². The molecule has 0 aliphatic carbocycles. The van der Waals surface area contributed by atoms with E-state index in [9.17, 15) is 4.79 Å². The standard InChI is InChI=1S/C23H19N3O2S2/c27-23(21-9-1-2-10-22(21)30-15-19-14-29-16-25-19)26-17-7-5-8-20(12-17)28-13-18-6-3-4-11-24-18/h1-12,14,16H,13,15H2,(H,26,27). The van der Waals surface area contributed by atoms with Crippen LogP contribution in [0, 0.1) is 0 Å². The van der Waals surface area contributed by atoms with Gasteiger partial charge in [0.05, 0.1) is 22.5 Å². The first-order valence-corrected chi connectivity index (χ1v) is 11.2. The number of thiazole rings is 1. The molecule has 2 aromatic heterocycles. The summed E-state index contributed by atoms with van der Waals surface area (Å²) in [5, 5.41) is 4.99. The number of pyridine rings is 1. The van der Waals surface area contributed by atoms with Gasteiger partial charge in [-0.25, -0.2) is 4.98 Å². The molecule has 0 unspecified atom stereocenters. The van der Waals surface area contributed by atoms with Crippen LogP contribution in [0.2, 0.25) is 0 Å². The monoisotopic (exact) mass is 433 g/mol. The molecule has 0 radical (unpaired) electrons. The maximum absolute atomic E-state index is 12.9. The molecule has 4 rings (SSSR count). The van der Waals surface area contributed by atoms with E-state index >= 15 is 0 Å². The van der Waals surface area contributed by atoms with E-state index in [-0.39, 0.29) is 5.91 Å². The summed E-state index contributed by atoms with van der Waals surface area (Å²) >= 11 is 3.18. The van der Waals surface area contributed by atoms with E-state index in [1.807, 2.05) is 77.6 Å². The number of nitrogens with zero attached hydrogens (tertiary/aromatic N) is 2. The SMILES string of the molecule is O=C(Nc1cccc(OCc2ccccn2)c1)c1ccccc1SCc1cscn1. The minimum absolute atomic E-state index is 0.154. The molecule has 150 valence electrons. The lowest BCUT2D eigenvalue weighted by Gasteiger charge is -2.11. The van der Waals surface area contributed by atoms with E-state index in [1.54, 1.807) is 29.3 Å². The molecular weight excluding hydrogens is 414 g/mol. The molecule has 1 N–H and O–H groups in total. The third-order valence-electron chi connectivity index (χ3n) is 4.20. The molecule has 0 bridgehead atoms. The van der Waals surface area contributed by atoms with Crippen LogP contribution in [0.25, 0.3) is 0 Å². The Bertz CT molecular complexity index is 1100. The first kappa shape index (κ1) is 20.1. The topological polar surface area (TPSA) is 64.1 Å². The molecule has 2 heterocycles. The zero-order valence-corrected chi connectivity index (χ0v) is 17.7. The van der Waals surface area contributed by atoms with E-state index in [1.165, 1.54) is 0 Å². The molecule has 0 saturated heterocycles. The van der Waals surface area contributed by atoms with Crippen LogP contribution in [-0.4, -0.2) is 15.9 Å². The number of ether oxygens (including phenoxy) is 1. The fourth-order valence-corrected chi connectivity index (χ4v) is 4.36. The van der Waals surface area contributed by atoms with Crippen molar-refractivity contribution in [1.29, 1.82) is 0 Å². The van der Waals surface area contributed by atoms with Gasteiger partial charge in [0.1, 0.15) is 12.4 Å². The fraction of sp³-hybridized carbons (Fsp3) is 0.0870. The summed E-state index contributed by atoms with van der Waals surface area (Å²) in [7, 11) is 0. The molecule has 4 aromatic rings. The first-order valence-electron chi connectivity index (χ1n) is 9.31. The Balaban J connectivity index is 1.41. The zero-order chi connectivity index (χ0) is 20.6. The quantitative estimate of drug-likeness (QED) is 0.363. The average Bonchev–Trinajstić information content (AvgIpc) is 3.31. The second-order valence-electron chi connectivity index (χ2n) is 6.36. The number of carbonyl (C=O) groups is 1. The van der Waals surface area contributed by atoms with Crippen LogP contribution < -0.4 is 10.1 Å². The lowest BCUT2D eigenvalue weighted by Crippen LogP contribution is -2.13. The van der Waals surface area contributed by atoms with Crippen LogP contribution in [-0.2, 0) is 12.4 Å². The number of hydrogen-bond donors (Lipinski definition) is 1. The highest BCUT2D eigenvalue weighted by Gasteiger charge is 2.12. The maximum Gasteiger partial charge on any atom is 0.256 e. The van der Waals surface area contributed by atoms with Gasteiger partial charge in [-0.2, -0.15) is 0 Å². The van der Waals surface area contributed by atoms with Crippen molar-refractivity contribution >= 4 is 34.7 Å². The highest BCUT2D eigenvalue weighted by atomic mass is 32.2. The van der Waals surface area contributed by atoms with Crippen LogP contribution in [0.5, 0.6) is 5.75 Å². The van der Waals surface area contributed by atoms with Crippen molar-refractivity contribution in [3.63, 3.8) is 0 Å². The smallest absolute Gasteiger partial charge is 0.256 e. The van der Waals surface area contributed by atoms with Gasteiger partial charge in [-0.05, 0) is 36.4 Å². The summed E-state index contributed by atoms with van der Waals surface area (Å²) in [5.41, 5.74) is 4.99. The third kappa shape index (κ3) is 5.46. The average molecular weight is 434 g/mol. The second kappa shape index (κ2) is 10.0. The molecule has 30 heavy (non-hydrogen) atoms. The Morgan fingerprint density at radius 2 is 1.90 bits per heavy atom. The summed E-state index contributed by atoms with van der Waals surface area (Å²) < 4.78 is 5.80. The van der Waals surface area contributed by atoms with Gasteiger partial charge >= 0.3 is 0 Å². The Kier molecular flexibility index (Phi) is 6.74. The highest BCUT2D eigenvalue weighted by molar-refractivity contribution is 7.98. The summed E-state index contributed by atoms with van der Waals surface area (Å²) in [4.78, 5) is 22.4. The number of benzene rings is 2. The minimum Gasteiger partial charge on any atom is -0.487 e. The van der Waals surface area contributed by atoms with Crippen LogP contribution in [0.3, 0.4) is 0 Å². The summed E-state index contributed by atoms with van der Waals surface area (Å²) in [6, 6.07) is 20.7. The zero-order valence-electron chi connectivity index (χ0n) is 16.0. The minimum atomic E-state index is -0.154. The van der Waals surface area contributed by atoms with Crippen molar-refractivity contribution in [1.82, 2.24) is 9.97 Å². The fourth-order valence-electron chi connectivity index (χ4n) is 2.74. The molecule has 5 nitrogen and oxygen atoms in total. The van der Waals surface area contributed by atoms with Gasteiger partial charge in [0.2, 0.25) is 0 Å². The number of hydrogen-bond acceptors (Lipinski definition) is 6. The Hall–Kier alpha value is -3.16. The highest BCUT2D eigenvalue weighted by Crippen LogP contribution is 2.27. The largest absolute Gasteiger partial charge is 0.487 e. The molecule has 0 fully saturated rings. The van der Waals surface area contributed by atoms with Crippen molar-refractivity contribution in [3.05, 3.63) is 101 Å². The number of aromatic nitrogens is 2. The van der Waals surface area contributed by atoms with Gasteiger partial charge in [-0.3, -0.25) is 9.78 Å². The molecule has 7 heteroatoms. The molecule has 0 aliphatic heterocycles. The maximum atomic E-state index is 12.9. The summed E-state index contributed by atoms with van der Waals surface area (Å²) in [6.45, 7) is 0.369. The normalized spacial score (nSPS) is 10.5. The van der Waals surface area contributed by atoms with Crippen molar-refractivity contribution in [2.24, 2.45) is 0 Å².